The summed E-state index contributed by atoms with van der Waals surface area (Å²) in [5.41, 5.74) is 4.32. The SMILES string of the molecule is Cc1nccc(-c2cc(F)c(OCC(C)(CC(C)C)OC(N)=O)cc2F)n1. The van der Waals surface area contributed by atoms with E-state index in [1.807, 2.05) is 13.8 Å². The molecular formula is C19H23F2N3O3. The fourth-order valence-corrected chi connectivity index (χ4v) is 2.91. The van der Waals surface area contributed by atoms with E-state index in [1.54, 1.807) is 13.8 Å². The number of halogens is 2. The Bertz CT molecular complexity index is 830. The van der Waals surface area contributed by atoms with Gasteiger partial charge < -0.3 is 15.2 Å². The Morgan fingerprint density at radius 1 is 1.30 bits per heavy atom. The highest BCUT2D eigenvalue weighted by Gasteiger charge is 2.31. The maximum Gasteiger partial charge on any atom is 0.405 e. The lowest BCUT2D eigenvalue weighted by Gasteiger charge is -2.30. The number of nitrogens with zero attached hydrogens (tertiary/aromatic N) is 2. The molecule has 0 aliphatic carbocycles. The minimum Gasteiger partial charge on any atom is -0.486 e. The zero-order valence-electron chi connectivity index (χ0n) is 15.8. The lowest BCUT2D eigenvalue weighted by Crippen LogP contribution is -2.41. The Balaban J connectivity index is 2.24. The third-order valence-electron chi connectivity index (χ3n) is 3.79. The van der Waals surface area contributed by atoms with Gasteiger partial charge in [-0.25, -0.2) is 23.5 Å². The summed E-state index contributed by atoms with van der Waals surface area (Å²) in [6.07, 6.45) is 0.957. The number of amides is 1. The first-order chi connectivity index (χ1) is 12.6. The highest BCUT2D eigenvalue weighted by molar-refractivity contribution is 5.65. The molecular weight excluding hydrogens is 356 g/mol. The molecule has 1 aromatic heterocycles. The van der Waals surface area contributed by atoms with Crippen LogP contribution in [0, 0.1) is 24.5 Å². The van der Waals surface area contributed by atoms with Crippen molar-refractivity contribution >= 4 is 6.09 Å². The number of rotatable bonds is 7. The highest BCUT2D eigenvalue weighted by Crippen LogP contribution is 2.30. The van der Waals surface area contributed by atoms with Crippen molar-refractivity contribution in [2.45, 2.75) is 39.7 Å². The van der Waals surface area contributed by atoms with Crippen molar-refractivity contribution in [3.8, 4) is 17.0 Å². The summed E-state index contributed by atoms with van der Waals surface area (Å²) in [4.78, 5) is 19.2. The molecule has 0 radical (unpaired) electrons. The monoisotopic (exact) mass is 379 g/mol. The van der Waals surface area contributed by atoms with E-state index in [4.69, 9.17) is 15.2 Å². The van der Waals surface area contributed by atoms with Crippen molar-refractivity contribution in [1.82, 2.24) is 9.97 Å². The molecule has 1 aromatic carbocycles. The average Bonchev–Trinajstić information content (AvgIpc) is 2.53. The quantitative estimate of drug-likeness (QED) is 0.785. The van der Waals surface area contributed by atoms with Crippen LogP contribution in [0.5, 0.6) is 5.75 Å². The van der Waals surface area contributed by atoms with Gasteiger partial charge in [0.05, 0.1) is 5.69 Å². The molecule has 146 valence electrons. The Labute approximate surface area is 156 Å². The van der Waals surface area contributed by atoms with E-state index < -0.39 is 23.3 Å². The van der Waals surface area contributed by atoms with E-state index in [0.717, 1.165) is 12.1 Å². The summed E-state index contributed by atoms with van der Waals surface area (Å²) in [5, 5.41) is 0. The lowest BCUT2D eigenvalue weighted by atomic mass is 9.95. The van der Waals surface area contributed by atoms with Gasteiger partial charge in [-0.15, -0.1) is 0 Å². The first-order valence-electron chi connectivity index (χ1n) is 8.50. The van der Waals surface area contributed by atoms with Gasteiger partial charge in [-0.3, -0.25) is 0 Å². The molecule has 2 aromatic rings. The summed E-state index contributed by atoms with van der Waals surface area (Å²) in [7, 11) is 0. The molecule has 0 saturated carbocycles. The van der Waals surface area contributed by atoms with E-state index >= 15 is 0 Å². The maximum absolute atomic E-state index is 14.5. The molecule has 1 unspecified atom stereocenters. The number of primary amides is 1. The standard InChI is InChI=1S/C19H23F2N3O3/c1-11(2)9-19(4,27-18(22)25)10-26-17-8-14(20)13(7-15(17)21)16-5-6-23-12(3)24-16/h5-8,11H,9-10H2,1-4H3,(H2,22,25). The predicted octanol–water partition coefficient (Wildman–Crippen LogP) is 4.01. The van der Waals surface area contributed by atoms with E-state index in [0.29, 0.717) is 12.2 Å². The number of hydrogen-bond donors (Lipinski definition) is 1. The molecule has 2 N–H and O–H groups in total. The number of benzene rings is 1. The first-order valence-corrected chi connectivity index (χ1v) is 8.50. The van der Waals surface area contributed by atoms with Gasteiger partial charge in [-0.1, -0.05) is 13.8 Å². The molecule has 1 amide bonds. The van der Waals surface area contributed by atoms with Crippen LogP contribution >= 0.6 is 0 Å². The summed E-state index contributed by atoms with van der Waals surface area (Å²) >= 11 is 0. The van der Waals surface area contributed by atoms with Crippen LogP contribution in [0.15, 0.2) is 24.4 Å². The molecule has 0 aliphatic heterocycles. The molecule has 27 heavy (non-hydrogen) atoms. The number of nitrogens with two attached hydrogens (primary N) is 1. The lowest BCUT2D eigenvalue weighted by molar-refractivity contribution is -0.0194. The fourth-order valence-electron chi connectivity index (χ4n) is 2.91. The third-order valence-corrected chi connectivity index (χ3v) is 3.79. The minimum atomic E-state index is -1.06. The van der Waals surface area contributed by atoms with Crippen molar-refractivity contribution in [2.24, 2.45) is 11.7 Å². The van der Waals surface area contributed by atoms with Crippen LogP contribution in [-0.4, -0.2) is 28.3 Å². The average molecular weight is 379 g/mol. The number of hydrogen-bond acceptors (Lipinski definition) is 5. The zero-order valence-corrected chi connectivity index (χ0v) is 15.8. The van der Waals surface area contributed by atoms with Crippen LogP contribution in [0.2, 0.25) is 0 Å². The van der Waals surface area contributed by atoms with Crippen molar-refractivity contribution in [3.05, 3.63) is 41.9 Å². The van der Waals surface area contributed by atoms with Crippen molar-refractivity contribution < 1.29 is 23.0 Å². The molecule has 0 aliphatic rings. The molecule has 1 heterocycles. The van der Waals surface area contributed by atoms with Gasteiger partial charge in [-0.2, -0.15) is 0 Å². The maximum atomic E-state index is 14.5. The number of aromatic nitrogens is 2. The van der Waals surface area contributed by atoms with Gasteiger partial charge in [0.2, 0.25) is 0 Å². The number of carbonyl (C=O) groups is 1. The summed E-state index contributed by atoms with van der Waals surface area (Å²) in [5.74, 6) is -1.12. The van der Waals surface area contributed by atoms with Gasteiger partial charge >= 0.3 is 6.09 Å². The molecule has 0 saturated heterocycles. The smallest absolute Gasteiger partial charge is 0.405 e. The molecule has 0 bridgehead atoms. The van der Waals surface area contributed by atoms with Gasteiger partial charge in [0, 0.05) is 17.8 Å². The molecule has 2 rings (SSSR count). The summed E-state index contributed by atoms with van der Waals surface area (Å²) < 4.78 is 39.5. The van der Waals surface area contributed by atoms with Crippen LogP contribution in [0.1, 0.15) is 33.0 Å². The molecule has 8 heteroatoms. The highest BCUT2D eigenvalue weighted by atomic mass is 19.1. The van der Waals surface area contributed by atoms with Crippen molar-refractivity contribution in [1.29, 1.82) is 0 Å². The zero-order chi connectivity index (χ0) is 20.2. The van der Waals surface area contributed by atoms with Gasteiger partial charge in [-0.05, 0) is 38.3 Å². The fraction of sp³-hybridized carbons (Fsp3) is 0.421. The van der Waals surface area contributed by atoms with Crippen molar-refractivity contribution in [3.63, 3.8) is 0 Å². The van der Waals surface area contributed by atoms with Gasteiger partial charge in [0.25, 0.3) is 0 Å². The predicted molar refractivity (Wildman–Crippen MR) is 96.1 cm³/mol. The second-order valence-electron chi connectivity index (χ2n) is 7.01. The normalized spacial score (nSPS) is 13.3. The van der Waals surface area contributed by atoms with E-state index in [-0.39, 0.29) is 29.5 Å². The number of carbonyl (C=O) groups excluding carboxylic acids is 1. The Morgan fingerprint density at radius 3 is 2.59 bits per heavy atom. The van der Waals surface area contributed by atoms with Crippen LogP contribution in [0.4, 0.5) is 13.6 Å². The van der Waals surface area contributed by atoms with Gasteiger partial charge in [0.1, 0.15) is 23.8 Å². The van der Waals surface area contributed by atoms with E-state index in [1.165, 1.54) is 12.3 Å². The Hall–Kier alpha value is -2.77. The summed E-state index contributed by atoms with van der Waals surface area (Å²) in [6, 6.07) is 3.45. The molecule has 0 fully saturated rings. The second kappa shape index (κ2) is 8.28. The molecule has 0 spiro atoms. The molecule has 6 nitrogen and oxygen atoms in total. The Morgan fingerprint density at radius 2 is 2.00 bits per heavy atom. The van der Waals surface area contributed by atoms with E-state index in [9.17, 15) is 13.6 Å². The second-order valence-corrected chi connectivity index (χ2v) is 7.01. The van der Waals surface area contributed by atoms with Gasteiger partial charge in [0.15, 0.2) is 11.6 Å². The largest absolute Gasteiger partial charge is 0.486 e. The first kappa shape index (κ1) is 20.5. The Kier molecular flexibility index (Phi) is 6.30. The number of ether oxygens (including phenoxy) is 2. The van der Waals surface area contributed by atoms with Crippen molar-refractivity contribution in [2.75, 3.05) is 6.61 Å². The molecule has 1 atom stereocenters. The van der Waals surface area contributed by atoms with Crippen LogP contribution in [0.3, 0.4) is 0 Å². The topological polar surface area (TPSA) is 87.3 Å². The minimum absolute atomic E-state index is 0.00341. The van der Waals surface area contributed by atoms with Crippen LogP contribution in [-0.2, 0) is 4.74 Å². The van der Waals surface area contributed by atoms with Crippen LogP contribution in [0.25, 0.3) is 11.3 Å². The van der Waals surface area contributed by atoms with Crippen LogP contribution < -0.4 is 10.5 Å². The van der Waals surface area contributed by atoms with E-state index in [2.05, 4.69) is 9.97 Å². The summed E-state index contributed by atoms with van der Waals surface area (Å²) in [6.45, 7) is 6.98. The number of aryl methyl sites for hydroxylation is 1. The third kappa shape index (κ3) is 5.60.